The minimum Gasteiger partial charge on any atom is -0.336 e. The monoisotopic (exact) mass is 657 g/mol. The first-order valence-electron chi connectivity index (χ1n) is 16.2. The van der Waals surface area contributed by atoms with E-state index < -0.39 is 11.7 Å². The maximum Gasteiger partial charge on any atom is 0.416 e. The molecule has 5 aromatic rings. The van der Waals surface area contributed by atoms with Gasteiger partial charge in [-0.1, -0.05) is 74.5 Å². The van der Waals surface area contributed by atoms with Crippen molar-refractivity contribution in [2.45, 2.75) is 46.0 Å². The quantitative estimate of drug-likeness (QED) is 0.121. The fraction of sp³-hybridized carbons (Fsp3) is 0.282. The molecule has 0 aliphatic heterocycles. The van der Waals surface area contributed by atoms with Gasteiger partial charge in [0.15, 0.2) is 5.43 Å². The van der Waals surface area contributed by atoms with E-state index in [1.165, 1.54) is 24.3 Å². The minimum atomic E-state index is -4.39. The van der Waals surface area contributed by atoms with Crippen LogP contribution in [0.5, 0.6) is 0 Å². The van der Waals surface area contributed by atoms with E-state index in [0.717, 1.165) is 47.6 Å². The van der Waals surface area contributed by atoms with Gasteiger partial charge in [0.2, 0.25) is 5.91 Å². The highest BCUT2D eigenvalue weighted by Gasteiger charge is 2.30. The molecule has 0 aliphatic carbocycles. The van der Waals surface area contributed by atoms with Crippen LogP contribution in [0.15, 0.2) is 108 Å². The van der Waals surface area contributed by atoms with Crippen LogP contribution in [0.3, 0.4) is 0 Å². The standard InChI is InChI=1S/C39H39F4N3O2/c1-3-44(4-2)23-24-45(26-29-9-14-30(15-10-29)31-16-18-32(19-17-31)39(41,42)43)38(48)27-46-34(22-13-28-11-20-33(40)21-12-28)25-37(47)35-7-5-6-8-36(35)46/h5-12,14-21,25H,3-4,13,22-24,26-27H2,1-2H3. The summed E-state index contributed by atoms with van der Waals surface area (Å²) in [7, 11) is 0. The van der Waals surface area contributed by atoms with E-state index >= 15 is 0 Å². The summed E-state index contributed by atoms with van der Waals surface area (Å²) in [6, 6.07) is 27.7. The fourth-order valence-electron chi connectivity index (χ4n) is 5.90. The first kappa shape index (κ1) is 34.6. The lowest BCUT2D eigenvalue weighted by molar-refractivity contribution is -0.137. The topological polar surface area (TPSA) is 45.5 Å². The number of alkyl halides is 3. The number of benzene rings is 4. The van der Waals surface area contributed by atoms with Gasteiger partial charge in [-0.25, -0.2) is 4.39 Å². The van der Waals surface area contributed by atoms with Gasteiger partial charge in [0.05, 0.1) is 11.1 Å². The second kappa shape index (κ2) is 15.4. The van der Waals surface area contributed by atoms with Gasteiger partial charge in [-0.05, 0) is 84.6 Å². The Morgan fingerprint density at radius 2 is 1.35 bits per heavy atom. The second-order valence-electron chi connectivity index (χ2n) is 11.8. The van der Waals surface area contributed by atoms with E-state index in [2.05, 4.69) is 18.7 Å². The van der Waals surface area contributed by atoms with Crippen molar-refractivity contribution in [1.29, 1.82) is 0 Å². The van der Waals surface area contributed by atoms with Crippen molar-refractivity contribution < 1.29 is 22.4 Å². The highest BCUT2D eigenvalue weighted by atomic mass is 19.4. The van der Waals surface area contributed by atoms with Crippen LogP contribution < -0.4 is 5.43 Å². The van der Waals surface area contributed by atoms with Gasteiger partial charge in [-0.15, -0.1) is 0 Å². The third kappa shape index (κ3) is 8.58. The summed E-state index contributed by atoms with van der Waals surface area (Å²) in [6.45, 7) is 7.40. The zero-order valence-electron chi connectivity index (χ0n) is 27.1. The van der Waals surface area contributed by atoms with Crippen LogP contribution in [0.2, 0.25) is 0 Å². The molecule has 0 unspecified atom stereocenters. The molecular weight excluding hydrogens is 618 g/mol. The molecule has 5 nitrogen and oxygen atoms in total. The number of hydrogen-bond acceptors (Lipinski definition) is 3. The number of aromatic nitrogens is 1. The summed E-state index contributed by atoms with van der Waals surface area (Å²) < 4.78 is 54.5. The SMILES string of the molecule is CCN(CC)CCN(Cc1ccc(-c2ccc(C(F)(F)F)cc2)cc1)C(=O)Cn1c(CCc2ccc(F)cc2)cc(=O)c2ccccc21. The average molecular weight is 658 g/mol. The predicted molar refractivity (Wildman–Crippen MR) is 182 cm³/mol. The molecule has 250 valence electrons. The first-order valence-corrected chi connectivity index (χ1v) is 16.2. The van der Waals surface area contributed by atoms with Crippen LogP contribution in [0.4, 0.5) is 17.6 Å². The number of fused-ring (bicyclic) bond motifs is 1. The highest BCUT2D eigenvalue weighted by molar-refractivity contribution is 5.83. The lowest BCUT2D eigenvalue weighted by Gasteiger charge is -2.28. The molecule has 0 N–H and O–H groups in total. The molecule has 1 amide bonds. The smallest absolute Gasteiger partial charge is 0.336 e. The summed E-state index contributed by atoms with van der Waals surface area (Å²) in [5.41, 5.74) is 3.85. The number of amides is 1. The van der Waals surface area contributed by atoms with E-state index in [1.807, 2.05) is 45.9 Å². The Bertz CT molecular complexity index is 1880. The molecule has 0 radical (unpaired) electrons. The van der Waals surface area contributed by atoms with Gasteiger partial charge in [-0.3, -0.25) is 9.59 Å². The number of halogens is 4. The molecule has 0 atom stereocenters. The number of likely N-dealkylation sites (N-methyl/N-ethyl adjacent to an activating group) is 1. The summed E-state index contributed by atoms with van der Waals surface area (Å²) >= 11 is 0. The first-order chi connectivity index (χ1) is 23.0. The molecule has 0 saturated carbocycles. The van der Waals surface area contributed by atoms with E-state index in [4.69, 9.17) is 0 Å². The molecule has 9 heteroatoms. The number of rotatable bonds is 13. The van der Waals surface area contributed by atoms with Crippen LogP contribution >= 0.6 is 0 Å². The lowest BCUT2D eigenvalue weighted by atomic mass is 10.0. The Labute approximate surface area is 278 Å². The van der Waals surface area contributed by atoms with E-state index in [-0.39, 0.29) is 23.7 Å². The Hall–Kier alpha value is -4.76. The number of nitrogens with zero attached hydrogens (tertiary/aromatic N) is 3. The number of carbonyl (C=O) groups excluding carboxylic acids is 1. The number of hydrogen-bond donors (Lipinski definition) is 0. The Balaban J connectivity index is 1.41. The van der Waals surface area contributed by atoms with Crippen molar-refractivity contribution >= 4 is 16.8 Å². The Morgan fingerprint density at radius 3 is 1.98 bits per heavy atom. The van der Waals surface area contributed by atoms with Gasteiger partial charge in [-0.2, -0.15) is 13.2 Å². The maximum atomic E-state index is 14.2. The predicted octanol–water partition coefficient (Wildman–Crippen LogP) is 7.98. The van der Waals surface area contributed by atoms with Crippen LogP contribution in [-0.2, 0) is 36.9 Å². The molecule has 0 bridgehead atoms. The molecule has 5 rings (SSSR count). The molecule has 1 aromatic heterocycles. The molecule has 0 aliphatic rings. The van der Waals surface area contributed by atoms with Crippen LogP contribution in [0.25, 0.3) is 22.0 Å². The lowest BCUT2D eigenvalue weighted by Crippen LogP contribution is -2.40. The van der Waals surface area contributed by atoms with E-state index in [1.54, 1.807) is 30.3 Å². The van der Waals surface area contributed by atoms with E-state index in [0.29, 0.717) is 48.9 Å². The van der Waals surface area contributed by atoms with Crippen molar-refractivity contribution in [2.75, 3.05) is 26.2 Å². The molecule has 0 fully saturated rings. The number of aryl methyl sites for hydroxylation is 2. The van der Waals surface area contributed by atoms with Crippen molar-refractivity contribution in [3.05, 3.63) is 142 Å². The van der Waals surface area contributed by atoms with E-state index in [9.17, 15) is 27.2 Å². The summed E-state index contributed by atoms with van der Waals surface area (Å²) in [5.74, 6) is -0.420. The van der Waals surface area contributed by atoms with Crippen LogP contribution in [-0.4, -0.2) is 46.5 Å². The van der Waals surface area contributed by atoms with Gasteiger partial charge in [0.25, 0.3) is 0 Å². The Kier molecular flexibility index (Phi) is 11.1. The zero-order valence-corrected chi connectivity index (χ0v) is 27.1. The van der Waals surface area contributed by atoms with Gasteiger partial charge in [0.1, 0.15) is 12.4 Å². The molecule has 0 saturated heterocycles. The molecule has 4 aromatic carbocycles. The van der Waals surface area contributed by atoms with Crippen LogP contribution in [0, 0.1) is 5.82 Å². The van der Waals surface area contributed by atoms with Crippen LogP contribution in [0.1, 0.15) is 36.2 Å². The average Bonchev–Trinajstić information content (AvgIpc) is 3.09. The molecular formula is C39H39F4N3O2. The fourth-order valence-corrected chi connectivity index (χ4v) is 5.90. The number of carbonyl (C=O) groups is 1. The van der Waals surface area contributed by atoms with Gasteiger partial charge < -0.3 is 14.4 Å². The third-order valence-corrected chi connectivity index (χ3v) is 8.79. The van der Waals surface area contributed by atoms with Crippen molar-refractivity contribution in [2.24, 2.45) is 0 Å². The molecule has 0 spiro atoms. The van der Waals surface area contributed by atoms with Crippen molar-refractivity contribution in [3.63, 3.8) is 0 Å². The molecule has 1 heterocycles. The Morgan fingerprint density at radius 1 is 0.750 bits per heavy atom. The van der Waals surface area contributed by atoms with Gasteiger partial charge >= 0.3 is 6.18 Å². The largest absolute Gasteiger partial charge is 0.416 e. The normalized spacial score (nSPS) is 11.7. The summed E-state index contributed by atoms with van der Waals surface area (Å²) in [6.07, 6.45) is -3.33. The summed E-state index contributed by atoms with van der Waals surface area (Å²) in [4.78, 5) is 31.3. The van der Waals surface area contributed by atoms with Crippen molar-refractivity contribution in [3.8, 4) is 11.1 Å². The molecule has 48 heavy (non-hydrogen) atoms. The van der Waals surface area contributed by atoms with Crippen molar-refractivity contribution in [1.82, 2.24) is 14.4 Å². The highest BCUT2D eigenvalue weighted by Crippen LogP contribution is 2.31. The number of pyridine rings is 1. The van der Waals surface area contributed by atoms with Gasteiger partial charge in [0, 0.05) is 36.8 Å². The minimum absolute atomic E-state index is 0.0292. The maximum absolute atomic E-state index is 14.2. The summed E-state index contributed by atoms with van der Waals surface area (Å²) in [5, 5.41) is 0.532. The zero-order chi connectivity index (χ0) is 34.3. The number of para-hydroxylation sites is 1. The second-order valence-corrected chi connectivity index (χ2v) is 11.8. The third-order valence-electron chi connectivity index (χ3n) is 8.79.